The van der Waals surface area contributed by atoms with Gasteiger partial charge < -0.3 is 13.3 Å². The predicted octanol–water partition coefficient (Wildman–Crippen LogP) is 1.85. The molecule has 0 spiro atoms. The summed E-state index contributed by atoms with van der Waals surface area (Å²) in [7, 11) is -3.02. The molecule has 5 nitrogen and oxygen atoms in total. The lowest BCUT2D eigenvalue weighted by atomic mass is 10.1. The third-order valence-corrected chi connectivity index (χ3v) is 3.72. The zero-order valence-corrected chi connectivity index (χ0v) is 12.3. The molecule has 98 valence electrons. The van der Waals surface area contributed by atoms with E-state index in [0.29, 0.717) is 19.8 Å². The Hall–Kier alpha value is 0.0169. The van der Waals surface area contributed by atoms with Crippen molar-refractivity contribution in [3.8, 4) is 0 Å². The van der Waals surface area contributed by atoms with Crippen LogP contribution in [0.3, 0.4) is 0 Å². The molecule has 0 radical (unpaired) electrons. The second-order valence-electron chi connectivity index (χ2n) is 4.25. The fraction of sp³-hybridized carbons (Fsp3) is 1.00. The van der Waals surface area contributed by atoms with Crippen LogP contribution in [0.4, 0.5) is 0 Å². The van der Waals surface area contributed by atoms with Crippen molar-refractivity contribution in [1.82, 2.24) is 5.48 Å². The van der Waals surface area contributed by atoms with Crippen LogP contribution in [-0.4, -0.2) is 34.4 Å². The van der Waals surface area contributed by atoms with Crippen LogP contribution in [-0.2, 0) is 17.8 Å². The Morgan fingerprint density at radius 3 is 1.50 bits per heavy atom. The van der Waals surface area contributed by atoms with Crippen LogP contribution in [0.25, 0.3) is 0 Å². The number of hydrogen-bond donors (Lipinski definition) is 1. The van der Waals surface area contributed by atoms with E-state index < -0.39 is 9.05 Å². The monoisotopic (exact) mass is 251 g/mol. The van der Waals surface area contributed by atoms with Crippen molar-refractivity contribution < 1.29 is 17.8 Å². The molecule has 0 aromatic carbocycles. The van der Waals surface area contributed by atoms with Crippen LogP contribution in [0.1, 0.15) is 41.5 Å². The van der Waals surface area contributed by atoms with E-state index in [4.69, 9.17) is 17.8 Å². The Morgan fingerprint density at radius 1 is 0.875 bits per heavy atom. The van der Waals surface area contributed by atoms with Gasteiger partial charge in [0.1, 0.15) is 0 Å². The van der Waals surface area contributed by atoms with Crippen molar-refractivity contribution in [2.75, 3.05) is 19.8 Å². The number of rotatable bonds is 8. The van der Waals surface area contributed by atoms with Gasteiger partial charge in [-0.05, 0) is 41.5 Å². The molecule has 0 heterocycles. The lowest BCUT2D eigenvalue weighted by Crippen LogP contribution is -2.55. The summed E-state index contributed by atoms with van der Waals surface area (Å²) in [5, 5.41) is 0. The maximum atomic E-state index is 5.54. The van der Waals surface area contributed by atoms with E-state index in [1.165, 1.54) is 0 Å². The van der Waals surface area contributed by atoms with Crippen molar-refractivity contribution in [3.05, 3.63) is 0 Å². The minimum atomic E-state index is -3.02. The Morgan fingerprint density at radius 2 is 1.25 bits per heavy atom. The quantitative estimate of drug-likeness (QED) is 0.527. The van der Waals surface area contributed by atoms with Gasteiger partial charge in [0, 0.05) is 25.4 Å². The summed E-state index contributed by atoms with van der Waals surface area (Å²) in [6.07, 6.45) is 0. The first-order valence-electron chi connectivity index (χ1n) is 5.76. The molecule has 0 aromatic heterocycles. The third-order valence-electron chi connectivity index (χ3n) is 1.45. The summed E-state index contributed by atoms with van der Waals surface area (Å²) in [6, 6.07) is 0. The van der Waals surface area contributed by atoms with E-state index in [1.54, 1.807) is 0 Å². The van der Waals surface area contributed by atoms with Crippen LogP contribution >= 0.6 is 0 Å². The average Bonchev–Trinajstić information content (AvgIpc) is 2.15. The summed E-state index contributed by atoms with van der Waals surface area (Å²) in [5.74, 6) is 0. The van der Waals surface area contributed by atoms with E-state index in [0.717, 1.165) is 0 Å². The van der Waals surface area contributed by atoms with Crippen molar-refractivity contribution in [2.45, 2.75) is 47.1 Å². The first-order chi connectivity index (χ1) is 7.39. The molecule has 16 heavy (non-hydrogen) atoms. The molecule has 0 aliphatic carbocycles. The first-order valence-corrected chi connectivity index (χ1v) is 7.39. The van der Waals surface area contributed by atoms with Gasteiger partial charge >= 0.3 is 9.05 Å². The highest BCUT2D eigenvalue weighted by Gasteiger charge is 2.46. The molecule has 0 atom stereocenters. The van der Waals surface area contributed by atoms with E-state index >= 15 is 0 Å². The van der Waals surface area contributed by atoms with Crippen LogP contribution < -0.4 is 5.48 Å². The number of nitrogens with one attached hydrogen (secondary N) is 1. The Balaban J connectivity index is 4.46. The van der Waals surface area contributed by atoms with Gasteiger partial charge in [0.05, 0.1) is 0 Å². The Kier molecular flexibility index (Phi) is 7.37. The SMILES string of the molecule is CCO[Si](OCC)(OCC)ONC(C)(C)C. The highest BCUT2D eigenvalue weighted by molar-refractivity contribution is 6.53. The summed E-state index contributed by atoms with van der Waals surface area (Å²) in [5.41, 5.74) is 2.73. The van der Waals surface area contributed by atoms with Gasteiger partial charge in [-0.1, -0.05) is 0 Å². The molecule has 0 aliphatic rings. The fourth-order valence-corrected chi connectivity index (χ4v) is 2.88. The molecule has 0 fully saturated rings. The molecule has 0 saturated carbocycles. The molecular weight excluding hydrogens is 226 g/mol. The molecule has 0 aliphatic heterocycles. The van der Waals surface area contributed by atoms with Gasteiger partial charge in [-0.2, -0.15) is 0 Å². The Labute approximate surface area is 99.9 Å². The van der Waals surface area contributed by atoms with Crippen molar-refractivity contribution in [3.63, 3.8) is 0 Å². The standard InChI is InChI=1S/C10H25NO4Si/c1-7-12-16(13-8-2,14-9-3)15-11-10(4,5)6/h11H,7-9H2,1-6H3. The highest BCUT2D eigenvalue weighted by atomic mass is 28.4. The van der Waals surface area contributed by atoms with Crippen LogP contribution in [0.5, 0.6) is 0 Å². The molecule has 0 saturated heterocycles. The molecule has 1 N–H and O–H groups in total. The molecule has 0 amide bonds. The van der Waals surface area contributed by atoms with Gasteiger partial charge in [0.15, 0.2) is 0 Å². The Bertz CT molecular complexity index is 167. The zero-order chi connectivity index (χ0) is 12.7. The molecular formula is C10H25NO4Si. The van der Waals surface area contributed by atoms with Crippen LogP contribution in [0.2, 0.25) is 0 Å². The highest BCUT2D eigenvalue weighted by Crippen LogP contribution is 2.12. The zero-order valence-electron chi connectivity index (χ0n) is 11.3. The fourth-order valence-electron chi connectivity index (χ4n) is 0.959. The summed E-state index contributed by atoms with van der Waals surface area (Å²) in [4.78, 5) is 0. The molecule has 0 unspecified atom stereocenters. The van der Waals surface area contributed by atoms with Crippen LogP contribution in [0, 0.1) is 0 Å². The largest absolute Gasteiger partial charge is 0.696 e. The van der Waals surface area contributed by atoms with E-state index in [2.05, 4.69) is 5.48 Å². The number of hydroxylamine groups is 1. The lowest BCUT2D eigenvalue weighted by Gasteiger charge is -2.30. The van der Waals surface area contributed by atoms with Crippen molar-refractivity contribution >= 4 is 9.05 Å². The number of hydrogen-bond acceptors (Lipinski definition) is 5. The maximum Gasteiger partial charge on any atom is 0.696 e. The first kappa shape index (κ1) is 16.0. The molecule has 0 bridgehead atoms. The minimum Gasteiger partial charge on any atom is -0.351 e. The molecule has 0 rings (SSSR count). The van der Waals surface area contributed by atoms with Gasteiger partial charge in [-0.3, -0.25) is 4.53 Å². The lowest BCUT2D eigenvalue weighted by molar-refractivity contribution is -0.0727. The second-order valence-corrected chi connectivity index (χ2v) is 6.32. The third kappa shape index (κ3) is 6.57. The van der Waals surface area contributed by atoms with Gasteiger partial charge in [0.25, 0.3) is 0 Å². The average molecular weight is 251 g/mol. The van der Waals surface area contributed by atoms with E-state index in [1.807, 2.05) is 41.5 Å². The van der Waals surface area contributed by atoms with Crippen LogP contribution in [0.15, 0.2) is 0 Å². The summed E-state index contributed by atoms with van der Waals surface area (Å²) in [6.45, 7) is 13.1. The maximum absolute atomic E-state index is 5.54. The predicted molar refractivity (Wildman–Crippen MR) is 64.6 cm³/mol. The van der Waals surface area contributed by atoms with Gasteiger partial charge in [-0.15, -0.1) is 0 Å². The summed E-state index contributed by atoms with van der Waals surface area (Å²) < 4.78 is 22.1. The van der Waals surface area contributed by atoms with Gasteiger partial charge in [-0.25, -0.2) is 5.48 Å². The van der Waals surface area contributed by atoms with E-state index in [-0.39, 0.29) is 5.54 Å². The second kappa shape index (κ2) is 7.36. The molecule has 6 heteroatoms. The topological polar surface area (TPSA) is 49.0 Å². The van der Waals surface area contributed by atoms with Crippen molar-refractivity contribution in [1.29, 1.82) is 0 Å². The van der Waals surface area contributed by atoms with E-state index in [9.17, 15) is 0 Å². The van der Waals surface area contributed by atoms with Crippen molar-refractivity contribution in [2.24, 2.45) is 0 Å². The molecule has 0 aromatic rings. The smallest absolute Gasteiger partial charge is 0.351 e. The normalized spacial score (nSPS) is 13.1. The minimum absolute atomic E-state index is 0.177. The van der Waals surface area contributed by atoms with Gasteiger partial charge in [0.2, 0.25) is 0 Å². The summed E-state index contributed by atoms with van der Waals surface area (Å²) >= 11 is 0.